The number of esters is 1. The highest BCUT2D eigenvalue weighted by Crippen LogP contribution is 2.41. The highest BCUT2D eigenvalue weighted by atomic mass is 16.7. The molecule has 0 amide bonds. The van der Waals surface area contributed by atoms with E-state index in [9.17, 15) is 9.90 Å². The van der Waals surface area contributed by atoms with E-state index in [-0.39, 0.29) is 59.7 Å². The molecule has 2 heterocycles. The number of hydrogen-bond acceptors (Lipinski definition) is 6. The molecule has 2 rings (SSSR count). The number of aliphatic hydroxyl groups is 1. The Labute approximate surface area is 215 Å². The first-order valence-electron chi connectivity index (χ1n) is 14.2. The van der Waals surface area contributed by atoms with Crippen molar-refractivity contribution in [2.24, 2.45) is 35.0 Å². The molecule has 2 aliphatic rings. The number of hydrogen-bond donors (Lipinski definition) is 2. The van der Waals surface area contributed by atoms with Crippen molar-refractivity contribution in [2.75, 3.05) is 7.05 Å². The number of aliphatic hydroxyl groups excluding tert-OH is 1. The standard InChI is InChI=1S/C29H55NO5/c1-11-17(2)22(7)25-15-24(31)20(5)16-29(8,9)27(18(3)12-19(4)28(32)34-25)35-26-14-23(30-10)13-21(6)33-26/h17-27,30-31H,11-16H2,1-10H3/t17?,18?,19-,20?,21?,22?,23?,24?,25?,26?,27?/m1/s1. The third kappa shape index (κ3) is 8.41. The number of nitrogens with one attached hydrogen (secondary N) is 1. The lowest BCUT2D eigenvalue weighted by molar-refractivity contribution is -0.245. The van der Waals surface area contributed by atoms with E-state index < -0.39 is 6.10 Å². The number of ether oxygens (including phenoxy) is 3. The molecule has 2 fully saturated rings. The van der Waals surface area contributed by atoms with Crippen molar-refractivity contribution in [2.45, 2.75) is 138 Å². The fraction of sp³-hybridized carbons (Fsp3) is 0.966. The molecular formula is C29H55NO5. The van der Waals surface area contributed by atoms with Crippen molar-refractivity contribution in [3.63, 3.8) is 0 Å². The van der Waals surface area contributed by atoms with Crippen molar-refractivity contribution in [3.8, 4) is 0 Å². The average molecular weight is 498 g/mol. The van der Waals surface area contributed by atoms with Gasteiger partial charge in [0.25, 0.3) is 0 Å². The molecule has 6 nitrogen and oxygen atoms in total. The third-order valence-electron chi connectivity index (χ3n) is 8.97. The van der Waals surface area contributed by atoms with Gasteiger partial charge in [0.2, 0.25) is 0 Å². The molecule has 0 aliphatic carbocycles. The van der Waals surface area contributed by atoms with E-state index in [4.69, 9.17) is 14.2 Å². The summed E-state index contributed by atoms with van der Waals surface area (Å²) in [5.74, 6) is 0.423. The van der Waals surface area contributed by atoms with Crippen LogP contribution in [0.2, 0.25) is 0 Å². The lowest BCUT2D eigenvalue weighted by atomic mass is 9.70. The molecule has 2 N–H and O–H groups in total. The molecule has 0 bridgehead atoms. The molecule has 0 aromatic carbocycles. The average Bonchev–Trinajstić information content (AvgIpc) is 2.79. The van der Waals surface area contributed by atoms with Crippen LogP contribution in [-0.4, -0.2) is 54.9 Å². The lowest BCUT2D eigenvalue weighted by Gasteiger charge is -2.45. The Morgan fingerprint density at radius 2 is 1.74 bits per heavy atom. The molecule has 0 spiro atoms. The molecule has 11 atom stereocenters. The zero-order valence-corrected chi connectivity index (χ0v) is 24.2. The predicted octanol–water partition coefficient (Wildman–Crippen LogP) is 5.56. The second kappa shape index (κ2) is 13.2. The van der Waals surface area contributed by atoms with Crippen molar-refractivity contribution in [3.05, 3.63) is 0 Å². The summed E-state index contributed by atoms with van der Waals surface area (Å²) in [4.78, 5) is 13.2. The highest BCUT2D eigenvalue weighted by molar-refractivity contribution is 5.72. The van der Waals surface area contributed by atoms with Gasteiger partial charge in [-0.2, -0.15) is 0 Å². The van der Waals surface area contributed by atoms with Crippen molar-refractivity contribution >= 4 is 5.97 Å². The van der Waals surface area contributed by atoms with Crippen LogP contribution in [0.4, 0.5) is 0 Å². The first-order chi connectivity index (χ1) is 16.3. The molecule has 0 saturated carbocycles. The third-order valence-corrected chi connectivity index (χ3v) is 8.97. The van der Waals surface area contributed by atoms with Gasteiger partial charge >= 0.3 is 5.97 Å². The maximum atomic E-state index is 13.2. The monoisotopic (exact) mass is 497 g/mol. The van der Waals surface area contributed by atoms with Crippen LogP contribution in [0.15, 0.2) is 0 Å². The maximum absolute atomic E-state index is 13.2. The zero-order valence-electron chi connectivity index (χ0n) is 24.2. The van der Waals surface area contributed by atoms with E-state index in [2.05, 4.69) is 60.7 Å². The Kier molecular flexibility index (Phi) is 11.5. The molecule has 6 heteroatoms. The normalized spacial score (nSPS) is 41.2. The smallest absolute Gasteiger partial charge is 0.308 e. The Hall–Kier alpha value is -0.690. The van der Waals surface area contributed by atoms with Gasteiger partial charge in [0.1, 0.15) is 6.10 Å². The molecule has 0 aromatic rings. The van der Waals surface area contributed by atoms with Crippen molar-refractivity contribution in [1.82, 2.24) is 5.32 Å². The van der Waals surface area contributed by atoms with E-state index in [0.717, 1.165) is 25.7 Å². The molecule has 2 saturated heterocycles. The van der Waals surface area contributed by atoms with Gasteiger partial charge in [0.15, 0.2) is 6.29 Å². The van der Waals surface area contributed by atoms with Gasteiger partial charge in [0, 0.05) is 18.9 Å². The summed E-state index contributed by atoms with van der Waals surface area (Å²) in [6, 6.07) is 0.368. The number of rotatable bonds is 6. The van der Waals surface area contributed by atoms with Gasteiger partial charge < -0.3 is 24.6 Å². The molecule has 206 valence electrons. The molecular weight excluding hydrogens is 442 g/mol. The van der Waals surface area contributed by atoms with Crippen LogP contribution in [0, 0.1) is 35.0 Å². The highest BCUT2D eigenvalue weighted by Gasteiger charge is 2.42. The fourth-order valence-electron chi connectivity index (χ4n) is 6.38. The van der Waals surface area contributed by atoms with Crippen LogP contribution in [0.3, 0.4) is 0 Å². The van der Waals surface area contributed by atoms with Crippen LogP contribution in [0.25, 0.3) is 0 Å². The van der Waals surface area contributed by atoms with Gasteiger partial charge in [0.05, 0.1) is 24.2 Å². The summed E-state index contributed by atoms with van der Waals surface area (Å²) in [6.07, 6.45) is 3.77. The van der Waals surface area contributed by atoms with Crippen molar-refractivity contribution in [1.29, 1.82) is 0 Å². The van der Waals surface area contributed by atoms with Crippen LogP contribution >= 0.6 is 0 Å². The Morgan fingerprint density at radius 3 is 2.34 bits per heavy atom. The largest absolute Gasteiger partial charge is 0.462 e. The topological polar surface area (TPSA) is 77.0 Å². The minimum atomic E-state index is -0.538. The fourth-order valence-corrected chi connectivity index (χ4v) is 6.38. The van der Waals surface area contributed by atoms with Gasteiger partial charge in [-0.1, -0.05) is 61.8 Å². The maximum Gasteiger partial charge on any atom is 0.308 e. The Balaban J connectivity index is 2.29. The van der Waals surface area contributed by atoms with E-state index in [1.807, 2.05) is 14.0 Å². The summed E-state index contributed by atoms with van der Waals surface area (Å²) >= 11 is 0. The first-order valence-corrected chi connectivity index (χ1v) is 14.2. The molecule has 10 unspecified atom stereocenters. The summed E-state index contributed by atoms with van der Waals surface area (Å²) in [6.45, 7) is 19.4. The van der Waals surface area contributed by atoms with Crippen molar-refractivity contribution < 1.29 is 24.1 Å². The van der Waals surface area contributed by atoms with E-state index >= 15 is 0 Å². The quantitative estimate of drug-likeness (QED) is 0.468. The molecule has 0 radical (unpaired) electrons. The zero-order chi connectivity index (χ0) is 26.5. The minimum Gasteiger partial charge on any atom is -0.462 e. The molecule has 0 aromatic heterocycles. The summed E-state index contributed by atoms with van der Waals surface area (Å²) in [7, 11) is 1.99. The van der Waals surface area contributed by atoms with E-state index in [1.165, 1.54) is 0 Å². The van der Waals surface area contributed by atoms with Gasteiger partial charge in [-0.25, -0.2) is 0 Å². The second-order valence-electron chi connectivity index (χ2n) is 12.7. The van der Waals surface area contributed by atoms with Gasteiger partial charge in [-0.05, 0) is 62.3 Å². The Bertz CT molecular complexity index is 655. The Morgan fingerprint density at radius 1 is 1.09 bits per heavy atom. The van der Waals surface area contributed by atoms with E-state index in [0.29, 0.717) is 24.8 Å². The van der Waals surface area contributed by atoms with Crippen LogP contribution in [0.1, 0.15) is 101 Å². The first kappa shape index (κ1) is 30.5. The summed E-state index contributed by atoms with van der Waals surface area (Å²) in [5, 5.41) is 14.6. The van der Waals surface area contributed by atoms with Crippen LogP contribution < -0.4 is 5.32 Å². The predicted molar refractivity (Wildman–Crippen MR) is 141 cm³/mol. The second-order valence-corrected chi connectivity index (χ2v) is 12.7. The van der Waals surface area contributed by atoms with Gasteiger partial charge in [-0.15, -0.1) is 0 Å². The number of carbonyl (C=O) groups excluding carboxylic acids is 1. The SMILES string of the molecule is CCC(C)C(C)C1CC(O)C(C)CC(C)(C)C(OC2CC(NC)CC(C)O2)C(C)C[C@@H](C)C(=O)O1. The minimum absolute atomic E-state index is 0.0572. The molecule has 2 aliphatic heterocycles. The van der Waals surface area contributed by atoms with Gasteiger partial charge in [-0.3, -0.25) is 4.79 Å². The van der Waals surface area contributed by atoms with Crippen LogP contribution in [-0.2, 0) is 19.0 Å². The number of carbonyl (C=O) groups is 1. The molecule has 35 heavy (non-hydrogen) atoms. The lowest BCUT2D eigenvalue weighted by Crippen LogP contribution is -2.48. The number of cyclic esters (lactones) is 1. The van der Waals surface area contributed by atoms with E-state index in [1.54, 1.807) is 0 Å². The van der Waals surface area contributed by atoms with Crippen LogP contribution in [0.5, 0.6) is 0 Å². The summed E-state index contributed by atoms with van der Waals surface area (Å²) in [5.41, 5.74) is -0.195. The summed E-state index contributed by atoms with van der Waals surface area (Å²) < 4.78 is 19.0.